The maximum Gasteiger partial charge on any atom is 0.167 e. The standard InChI is InChI=1S/C17H17NO2/c1-10(2)9-15(20)16-14(19)8-7-12-11-5-3-4-6-13(11)18-17(12)16/h3-9,15-16,18,20H,1-2H3. The molecule has 102 valence electrons. The number of carbonyl (C=O) groups excluding carboxylic acids is 1. The lowest BCUT2D eigenvalue weighted by Gasteiger charge is -2.21. The van der Waals surface area contributed by atoms with Crippen molar-refractivity contribution in [2.75, 3.05) is 0 Å². The first-order valence-electron chi connectivity index (χ1n) is 6.73. The number of benzene rings is 1. The van der Waals surface area contributed by atoms with Crippen LogP contribution in [0.15, 0.2) is 42.0 Å². The van der Waals surface area contributed by atoms with Gasteiger partial charge in [0.2, 0.25) is 0 Å². The van der Waals surface area contributed by atoms with Crippen LogP contribution in [0.25, 0.3) is 17.0 Å². The van der Waals surface area contributed by atoms with Gasteiger partial charge in [-0.1, -0.05) is 29.8 Å². The van der Waals surface area contributed by atoms with E-state index in [0.717, 1.165) is 27.7 Å². The van der Waals surface area contributed by atoms with E-state index in [-0.39, 0.29) is 5.78 Å². The maximum absolute atomic E-state index is 12.2. The average molecular weight is 267 g/mol. The molecule has 1 aromatic carbocycles. The van der Waals surface area contributed by atoms with Crippen LogP contribution in [0.2, 0.25) is 0 Å². The van der Waals surface area contributed by atoms with Crippen LogP contribution < -0.4 is 0 Å². The highest BCUT2D eigenvalue weighted by Crippen LogP contribution is 2.35. The van der Waals surface area contributed by atoms with Crippen molar-refractivity contribution in [3.8, 4) is 0 Å². The molecule has 0 spiro atoms. The third kappa shape index (κ3) is 2.00. The van der Waals surface area contributed by atoms with Crippen LogP contribution in [0, 0.1) is 0 Å². The molecule has 2 unspecified atom stereocenters. The Morgan fingerprint density at radius 1 is 1.30 bits per heavy atom. The van der Waals surface area contributed by atoms with E-state index < -0.39 is 12.0 Å². The Morgan fingerprint density at radius 3 is 2.80 bits per heavy atom. The smallest absolute Gasteiger partial charge is 0.167 e. The Kier molecular flexibility index (Phi) is 3.07. The second-order valence-electron chi connectivity index (χ2n) is 5.45. The lowest BCUT2D eigenvalue weighted by Crippen LogP contribution is -2.26. The second kappa shape index (κ2) is 4.76. The van der Waals surface area contributed by atoms with Crippen LogP contribution in [0.5, 0.6) is 0 Å². The monoisotopic (exact) mass is 267 g/mol. The fourth-order valence-electron chi connectivity index (χ4n) is 2.80. The Labute approximate surface area is 117 Å². The van der Waals surface area contributed by atoms with Gasteiger partial charge < -0.3 is 10.1 Å². The molecule has 1 aromatic heterocycles. The van der Waals surface area contributed by atoms with Crippen LogP contribution in [0.4, 0.5) is 0 Å². The number of aliphatic hydroxyl groups excluding tert-OH is 1. The summed E-state index contributed by atoms with van der Waals surface area (Å²) >= 11 is 0. The van der Waals surface area contributed by atoms with E-state index in [4.69, 9.17) is 0 Å². The summed E-state index contributed by atoms with van der Waals surface area (Å²) in [6.45, 7) is 3.83. The molecular weight excluding hydrogens is 250 g/mol. The van der Waals surface area contributed by atoms with E-state index >= 15 is 0 Å². The summed E-state index contributed by atoms with van der Waals surface area (Å²) in [6, 6.07) is 7.94. The number of ketones is 1. The van der Waals surface area contributed by atoms with Crippen molar-refractivity contribution in [3.63, 3.8) is 0 Å². The van der Waals surface area contributed by atoms with Gasteiger partial charge in [0, 0.05) is 22.2 Å². The van der Waals surface area contributed by atoms with E-state index in [1.54, 1.807) is 12.2 Å². The van der Waals surface area contributed by atoms with E-state index in [2.05, 4.69) is 4.98 Å². The molecule has 0 bridgehead atoms. The number of fused-ring (bicyclic) bond motifs is 3. The zero-order valence-electron chi connectivity index (χ0n) is 11.6. The van der Waals surface area contributed by atoms with Crippen LogP contribution in [-0.2, 0) is 4.79 Å². The molecule has 1 aliphatic rings. The average Bonchev–Trinajstić information content (AvgIpc) is 2.75. The van der Waals surface area contributed by atoms with Gasteiger partial charge in [0.05, 0.1) is 12.0 Å². The number of aromatic amines is 1. The van der Waals surface area contributed by atoms with E-state index in [1.165, 1.54) is 0 Å². The number of hydrogen-bond acceptors (Lipinski definition) is 2. The molecular formula is C17H17NO2. The highest BCUT2D eigenvalue weighted by Gasteiger charge is 2.32. The summed E-state index contributed by atoms with van der Waals surface area (Å²) in [4.78, 5) is 15.5. The first kappa shape index (κ1) is 12.9. The summed E-state index contributed by atoms with van der Waals surface area (Å²) in [7, 11) is 0. The molecule has 1 aliphatic carbocycles. The van der Waals surface area contributed by atoms with Gasteiger partial charge in [-0.05, 0) is 32.1 Å². The third-order valence-electron chi connectivity index (χ3n) is 3.65. The van der Waals surface area contributed by atoms with E-state index in [1.807, 2.05) is 44.2 Å². The summed E-state index contributed by atoms with van der Waals surface area (Å²) in [6.07, 6.45) is 4.33. The van der Waals surface area contributed by atoms with Gasteiger partial charge >= 0.3 is 0 Å². The van der Waals surface area contributed by atoms with Gasteiger partial charge in [-0.25, -0.2) is 0 Å². The van der Waals surface area contributed by atoms with Crippen molar-refractivity contribution in [1.29, 1.82) is 0 Å². The van der Waals surface area contributed by atoms with Gasteiger partial charge in [-0.15, -0.1) is 0 Å². The Hall–Kier alpha value is -2.13. The van der Waals surface area contributed by atoms with Gasteiger partial charge in [0.15, 0.2) is 5.78 Å². The molecule has 20 heavy (non-hydrogen) atoms. The molecule has 3 heteroatoms. The Balaban J connectivity index is 2.17. The predicted octanol–water partition coefficient (Wildman–Crippen LogP) is 3.17. The number of hydrogen-bond donors (Lipinski definition) is 2. The van der Waals surface area contributed by atoms with Crippen LogP contribution >= 0.6 is 0 Å². The minimum absolute atomic E-state index is 0.0611. The lowest BCUT2D eigenvalue weighted by atomic mass is 9.86. The molecule has 0 saturated heterocycles. The summed E-state index contributed by atoms with van der Waals surface area (Å²) in [5.41, 5.74) is 3.80. The van der Waals surface area contributed by atoms with Gasteiger partial charge in [-0.2, -0.15) is 0 Å². The maximum atomic E-state index is 12.2. The summed E-state index contributed by atoms with van der Waals surface area (Å²) < 4.78 is 0. The van der Waals surface area contributed by atoms with Crippen LogP contribution in [0.3, 0.4) is 0 Å². The zero-order valence-corrected chi connectivity index (χ0v) is 11.6. The molecule has 0 radical (unpaired) electrons. The molecule has 0 fully saturated rings. The Bertz CT molecular complexity index is 733. The number of aromatic nitrogens is 1. The highest BCUT2D eigenvalue weighted by atomic mass is 16.3. The van der Waals surface area contributed by atoms with Crippen molar-refractivity contribution in [3.05, 3.63) is 53.2 Å². The number of rotatable bonds is 2. The zero-order chi connectivity index (χ0) is 14.3. The van der Waals surface area contributed by atoms with Crippen molar-refractivity contribution in [2.24, 2.45) is 0 Å². The van der Waals surface area contributed by atoms with Gasteiger partial charge in [0.1, 0.15) is 0 Å². The van der Waals surface area contributed by atoms with Crippen LogP contribution in [0.1, 0.15) is 31.0 Å². The first-order chi connectivity index (χ1) is 9.58. The minimum atomic E-state index is -0.802. The fraction of sp³-hybridized carbons (Fsp3) is 0.235. The number of allylic oxidation sites excluding steroid dienone is 2. The minimum Gasteiger partial charge on any atom is -0.388 e. The SMILES string of the molecule is CC(C)=CC(O)C1C(=O)C=Cc2c1[nH]c1ccccc21. The Morgan fingerprint density at radius 2 is 2.05 bits per heavy atom. The molecule has 2 aromatic rings. The molecule has 3 rings (SSSR count). The predicted molar refractivity (Wildman–Crippen MR) is 80.5 cm³/mol. The van der Waals surface area contributed by atoms with E-state index in [0.29, 0.717) is 0 Å². The van der Waals surface area contributed by atoms with Crippen molar-refractivity contribution >= 4 is 22.8 Å². The van der Waals surface area contributed by atoms with Gasteiger partial charge in [0.25, 0.3) is 0 Å². The van der Waals surface area contributed by atoms with Crippen molar-refractivity contribution in [1.82, 2.24) is 4.98 Å². The van der Waals surface area contributed by atoms with Crippen molar-refractivity contribution in [2.45, 2.75) is 25.9 Å². The first-order valence-corrected chi connectivity index (χ1v) is 6.73. The number of carbonyl (C=O) groups is 1. The quantitative estimate of drug-likeness (QED) is 0.821. The fourth-order valence-corrected chi connectivity index (χ4v) is 2.80. The molecule has 1 heterocycles. The van der Waals surface area contributed by atoms with Gasteiger partial charge in [-0.3, -0.25) is 4.79 Å². The highest BCUT2D eigenvalue weighted by molar-refractivity contribution is 6.06. The van der Waals surface area contributed by atoms with Crippen molar-refractivity contribution < 1.29 is 9.90 Å². The molecule has 0 saturated carbocycles. The number of para-hydroxylation sites is 1. The number of nitrogens with one attached hydrogen (secondary N) is 1. The molecule has 3 nitrogen and oxygen atoms in total. The molecule has 2 atom stereocenters. The molecule has 0 aliphatic heterocycles. The summed E-state index contributed by atoms with van der Waals surface area (Å²) in [5.74, 6) is -0.605. The molecule has 0 amide bonds. The second-order valence-corrected chi connectivity index (χ2v) is 5.45. The lowest BCUT2D eigenvalue weighted by molar-refractivity contribution is -0.117. The number of H-pyrrole nitrogens is 1. The normalized spacial score (nSPS) is 18.9. The largest absolute Gasteiger partial charge is 0.388 e. The molecule has 2 N–H and O–H groups in total. The third-order valence-corrected chi connectivity index (χ3v) is 3.65. The van der Waals surface area contributed by atoms with E-state index in [9.17, 15) is 9.90 Å². The van der Waals surface area contributed by atoms with Crippen LogP contribution in [-0.4, -0.2) is 22.0 Å². The topological polar surface area (TPSA) is 53.1 Å². The summed E-state index contributed by atoms with van der Waals surface area (Å²) in [5, 5.41) is 11.4. The number of aliphatic hydroxyl groups is 1.